The third-order valence-corrected chi connectivity index (χ3v) is 5.17. The third kappa shape index (κ3) is 4.02. The van der Waals surface area contributed by atoms with Crippen LogP contribution in [-0.4, -0.2) is 27.8 Å². The molecule has 0 spiro atoms. The van der Waals surface area contributed by atoms with Gasteiger partial charge in [-0.15, -0.1) is 0 Å². The van der Waals surface area contributed by atoms with Crippen molar-refractivity contribution in [2.75, 3.05) is 17.7 Å². The first-order chi connectivity index (χ1) is 15.9. The Balaban J connectivity index is 1.46. The van der Waals surface area contributed by atoms with Crippen LogP contribution in [0, 0.1) is 0 Å². The maximum Gasteiger partial charge on any atom is 0.416 e. The minimum absolute atomic E-state index is 0.0184. The second-order valence-corrected chi connectivity index (χ2v) is 7.27. The van der Waals surface area contributed by atoms with Gasteiger partial charge >= 0.3 is 6.18 Å². The lowest BCUT2D eigenvalue weighted by molar-refractivity contribution is -0.137. The lowest BCUT2D eigenvalue weighted by Gasteiger charge is -2.17. The van der Waals surface area contributed by atoms with Crippen LogP contribution in [0.5, 0.6) is 5.75 Å². The van der Waals surface area contributed by atoms with E-state index in [4.69, 9.17) is 9.73 Å². The highest BCUT2D eigenvalue weighted by molar-refractivity contribution is 6.31. The summed E-state index contributed by atoms with van der Waals surface area (Å²) in [4.78, 5) is 17.0. The number of methoxy groups -OCH3 is 1. The van der Waals surface area contributed by atoms with Crippen molar-refractivity contribution in [3.8, 4) is 5.75 Å². The Hall–Kier alpha value is -4.21. The smallest absolute Gasteiger partial charge is 0.416 e. The van der Waals surface area contributed by atoms with Crippen LogP contribution in [0.4, 0.5) is 42.0 Å². The number of pyridine rings is 1. The molecular weight excluding hydrogens is 433 g/mol. The molecule has 5 rings (SSSR count). The van der Waals surface area contributed by atoms with Crippen LogP contribution >= 0.6 is 0 Å². The van der Waals surface area contributed by atoms with Gasteiger partial charge in [0, 0.05) is 29.8 Å². The van der Waals surface area contributed by atoms with E-state index >= 15 is 0 Å². The van der Waals surface area contributed by atoms with Crippen molar-refractivity contribution in [1.29, 1.82) is 0 Å². The number of nitrogens with one attached hydrogen (secondary N) is 2. The van der Waals surface area contributed by atoms with Gasteiger partial charge in [0.25, 0.3) is 0 Å². The summed E-state index contributed by atoms with van der Waals surface area (Å²) in [5.41, 5.74) is 3.60. The number of rotatable bonds is 5. The monoisotopic (exact) mass is 450 g/mol. The number of ether oxygens (including phenoxy) is 1. The fraction of sp³-hybridized carbons (Fsp3) is 0.130. The van der Waals surface area contributed by atoms with Gasteiger partial charge in [0.2, 0.25) is 0 Å². The quantitative estimate of drug-likeness (QED) is 0.510. The number of alkyl halides is 3. The zero-order chi connectivity index (χ0) is 23.0. The minimum Gasteiger partial charge on any atom is -0.495 e. The number of hydrogen-bond acceptors (Lipinski definition) is 7. The van der Waals surface area contributed by atoms with Crippen molar-refractivity contribution >= 4 is 40.1 Å². The van der Waals surface area contributed by atoms with Crippen LogP contribution < -0.4 is 15.4 Å². The highest BCUT2D eigenvalue weighted by atomic mass is 19.4. The van der Waals surface area contributed by atoms with E-state index in [0.29, 0.717) is 17.3 Å². The maximum absolute atomic E-state index is 13.0. The Morgan fingerprint density at radius 1 is 0.970 bits per heavy atom. The second-order valence-electron chi connectivity index (χ2n) is 7.27. The zero-order valence-corrected chi connectivity index (χ0v) is 17.3. The zero-order valence-electron chi connectivity index (χ0n) is 17.3. The number of allylic oxidation sites excluding steroid dienone is 4. The van der Waals surface area contributed by atoms with Crippen molar-refractivity contribution in [2.24, 2.45) is 4.99 Å². The number of anilines is 4. The molecular formula is C23H17F3N6O. The molecule has 2 aliphatic rings. The van der Waals surface area contributed by atoms with Crippen LogP contribution in [0.3, 0.4) is 0 Å². The number of aromatic nitrogens is 3. The van der Waals surface area contributed by atoms with Crippen LogP contribution in [0.1, 0.15) is 17.5 Å². The normalized spacial score (nSPS) is 14.2. The van der Waals surface area contributed by atoms with Gasteiger partial charge < -0.3 is 15.4 Å². The van der Waals surface area contributed by atoms with Gasteiger partial charge in [0.05, 0.1) is 29.8 Å². The first kappa shape index (κ1) is 20.7. The van der Waals surface area contributed by atoms with E-state index < -0.39 is 11.7 Å². The molecule has 7 nitrogen and oxygen atoms in total. The van der Waals surface area contributed by atoms with Gasteiger partial charge in [-0.05, 0) is 24.3 Å². The highest BCUT2D eigenvalue weighted by Gasteiger charge is 2.31. The number of nitrogens with zero attached hydrogens (tertiary/aromatic N) is 4. The average Bonchev–Trinajstić information content (AvgIpc) is 3.18. The SMILES string of the molecule is COc1ccc2c(c1Nc1cc(Nc3cc(C(F)(F)F)ccn3)ncn1)C1=CC=CCC1=N2. The molecule has 166 valence electrons. The fourth-order valence-electron chi connectivity index (χ4n) is 3.69. The number of fused-ring (bicyclic) bond motifs is 3. The molecule has 0 saturated carbocycles. The summed E-state index contributed by atoms with van der Waals surface area (Å²) in [5.74, 6) is 1.33. The van der Waals surface area contributed by atoms with E-state index in [1.165, 1.54) is 6.33 Å². The molecule has 3 aromatic rings. The van der Waals surface area contributed by atoms with E-state index in [1.807, 2.05) is 30.4 Å². The Kier molecular flexibility index (Phi) is 5.04. The van der Waals surface area contributed by atoms with Crippen LogP contribution in [0.2, 0.25) is 0 Å². The molecule has 0 bridgehead atoms. The molecule has 10 heteroatoms. The van der Waals surface area contributed by atoms with E-state index in [1.54, 1.807) is 13.2 Å². The molecule has 2 N–H and O–H groups in total. The number of hydrogen-bond donors (Lipinski definition) is 2. The van der Waals surface area contributed by atoms with Gasteiger partial charge in [-0.3, -0.25) is 4.99 Å². The number of halogens is 3. The predicted octanol–water partition coefficient (Wildman–Crippen LogP) is 5.82. The lowest BCUT2D eigenvalue weighted by Crippen LogP contribution is -2.07. The first-order valence-electron chi connectivity index (χ1n) is 9.98. The summed E-state index contributed by atoms with van der Waals surface area (Å²) in [6.45, 7) is 0. The van der Waals surface area contributed by atoms with E-state index in [-0.39, 0.29) is 11.6 Å². The van der Waals surface area contributed by atoms with Gasteiger partial charge in [0.1, 0.15) is 29.5 Å². The summed E-state index contributed by atoms with van der Waals surface area (Å²) in [5, 5.41) is 6.06. The second kappa shape index (κ2) is 8.05. The Labute approximate surface area is 186 Å². The standard InChI is InChI=1S/C23H17F3N6O/c1-33-17-7-6-16-21(14-4-2-3-5-15(14)30-16)22(17)32-20-11-19(28-12-29-20)31-18-10-13(8-9-27-18)23(24,25)26/h2-4,6-12H,5H2,1H3,(H2,27,28,29,31,32). The van der Waals surface area contributed by atoms with E-state index in [9.17, 15) is 13.2 Å². The summed E-state index contributed by atoms with van der Waals surface area (Å²) >= 11 is 0. The Morgan fingerprint density at radius 2 is 1.76 bits per heavy atom. The third-order valence-electron chi connectivity index (χ3n) is 5.17. The summed E-state index contributed by atoms with van der Waals surface area (Å²) < 4.78 is 44.5. The molecule has 0 saturated heterocycles. The van der Waals surface area contributed by atoms with Crippen LogP contribution in [-0.2, 0) is 6.18 Å². The van der Waals surface area contributed by atoms with Crippen molar-refractivity contribution < 1.29 is 17.9 Å². The maximum atomic E-state index is 13.0. The molecule has 0 atom stereocenters. The fourth-order valence-corrected chi connectivity index (χ4v) is 3.69. The number of aliphatic imine (C=N–C) groups is 1. The molecule has 0 fully saturated rings. The van der Waals surface area contributed by atoms with Crippen molar-refractivity contribution in [3.63, 3.8) is 0 Å². The molecule has 1 aliphatic carbocycles. The predicted molar refractivity (Wildman–Crippen MR) is 120 cm³/mol. The van der Waals surface area contributed by atoms with Crippen LogP contribution in [0.25, 0.3) is 5.57 Å². The molecule has 2 aromatic heterocycles. The Bertz CT molecular complexity index is 1330. The Morgan fingerprint density at radius 3 is 2.55 bits per heavy atom. The van der Waals surface area contributed by atoms with Crippen molar-refractivity contribution in [2.45, 2.75) is 12.6 Å². The summed E-state index contributed by atoms with van der Waals surface area (Å²) in [7, 11) is 1.57. The van der Waals surface area contributed by atoms with Crippen LogP contribution in [0.15, 0.2) is 66.1 Å². The molecule has 0 unspecified atom stereocenters. The van der Waals surface area contributed by atoms with Gasteiger partial charge in [-0.25, -0.2) is 15.0 Å². The molecule has 0 amide bonds. The van der Waals surface area contributed by atoms with E-state index in [2.05, 4.69) is 25.6 Å². The van der Waals surface area contributed by atoms with Crippen molar-refractivity contribution in [1.82, 2.24) is 15.0 Å². The molecule has 1 aliphatic heterocycles. The van der Waals surface area contributed by atoms with E-state index in [0.717, 1.165) is 47.3 Å². The lowest BCUT2D eigenvalue weighted by atomic mass is 9.95. The average molecular weight is 450 g/mol. The minimum atomic E-state index is -4.47. The largest absolute Gasteiger partial charge is 0.495 e. The van der Waals surface area contributed by atoms with Gasteiger partial charge in [0.15, 0.2) is 0 Å². The summed E-state index contributed by atoms with van der Waals surface area (Å²) in [6.07, 6.45) is 4.71. The molecule has 33 heavy (non-hydrogen) atoms. The topological polar surface area (TPSA) is 84.3 Å². The summed E-state index contributed by atoms with van der Waals surface area (Å²) in [6, 6.07) is 7.13. The molecule has 3 heterocycles. The molecule has 0 radical (unpaired) electrons. The highest BCUT2D eigenvalue weighted by Crippen LogP contribution is 2.46. The molecule has 1 aromatic carbocycles. The van der Waals surface area contributed by atoms with Crippen molar-refractivity contribution in [3.05, 3.63) is 72.2 Å². The first-order valence-corrected chi connectivity index (χ1v) is 9.98. The number of benzene rings is 1. The van der Waals surface area contributed by atoms with Gasteiger partial charge in [-0.1, -0.05) is 18.2 Å². The van der Waals surface area contributed by atoms with Gasteiger partial charge in [-0.2, -0.15) is 13.2 Å².